The molecule has 0 spiro atoms. The van der Waals surface area contributed by atoms with Crippen LogP contribution in [0.25, 0.3) is 0 Å². The molecule has 0 unspecified atom stereocenters. The molecule has 0 bridgehead atoms. The summed E-state index contributed by atoms with van der Waals surface area (Å²) in [6, 6.07) is 0. The van der Waals surface area contributed by atoms with Gasteiger partial charge in [-0.05, 0) is 11.8 Å². The summed E-state index contributed by atoms with van der Waals surface area (Å²) in [5.41, 5.74) is 1.45. The number of halogens is 1. The average Bonchev–Trinajstić information content (AvgIpc) is 1.79. The fourth-order valence-electron chi connectivity index (χ4n) is 1.65. The van der Waals surface area contributed by atoms with Crippen molar-refractivity contribution in [2.45, 2.75) is 27.2 Å². The zero-order valence-corrected chi connectivity index (χ0v) is 8.94. The Morgan fingerprint density at radius 2 is 2.00 bits per heavy atom. The predicted octanol–water partition coefficient (Wildman–Crippen LogP) is 2.84. The molecule has 1 aliphatic rings. The second kappa shape index (κ2) is 3.69. The number of alkyl halides is 1. The normalized spacial score (nSPS) is 18.6. The van der Waals surface area contributed by atoms with Gasteiger partial charge in [-0.25, -0.2) is 0 Å². The predicted molar refractivity (Wildman–Crippen MR) is 54.3 cm³/mol. The lowest BCUT2D eigenvalue weighted by Gasteiger charge is -2.42. The molecule has 1 fully saturated rings. The largest absolute Gasteiger partial charge is 0.374 e. The van der Waals surface area contributed by atoms with Crippen LogP contribution in [0.5, 0.6) is 0 Å². The second-order valence-corrected chi connectivity index (χ2v) is 5.23. The second-order valence-electron chi connectivity index (χ2n) is 5.23. The van der Waals surface area contributed by atoms with Crippen LogP contribution in [-0.4, -0.2) is 24.7 Å². The van der Waals surface area contributed by atoms with Gasteiger partial charge in [0, 0.05) is 24.7 Å². The van der Waals surface area contributed by atoms with Gasteiger partial charge in [0.15, 0.2) is 0 Å². The van der Waals surface area contributed by atoms with Crippen molar-refractivity contribution in [3.05, 3.63) is 12.3 Å². The Kier molecular flexibility index (Phi) is 2.99. The lowest BCUT2D eigenvalue weighted by molar-refractivity contribution is 0.107. The molecular formula is C11H20FN. The van der Waals surface area contributed by atoms with Crippen LogP contribution >= 0.6 is 0 Å². The fourth-order valence-corrected chi connectivity index (χ4v) is 1.65. The highest BCUT2D eigenvalue weighted by atomic mass is 19.1. The van der Waals surface area contributed by atoms with E-state index in [2.05, 4.69) is 32.3 Å². The molecule has 0 aliphatic carbocycles. The van der Waals surface area contributed by atoms with Crippen molar-refractivity contribution in [1.82, 2.24) is 4.90 Å². The number of hydrogen-bond acceptors (Lipinski definition) is 1. The minimum absolute atomic E-state index is 0.181. The van der Waals surface area contributed by atoms with Gasteiger partial charge in [0.25, 0.3) is 0 Å². The number of hydrogen-bond donors (Lipinski definition) is 0. The van der Waals surface area contributed by atoms with E-state index in [1.54, 1.807) is 0 Å². The van der Waals surface area contributed by atoms with Crippen LogP contribution in [0.2, 0.25) is 0 Å². The molecule has 0 radical (unpaired) electrons. The van der Waals surface area contributed by atoms with E-state index in [9.17, 15) is 4.39 Å². The fraction of sp³-hybridized carbons (Fsp3) is 0.818. The Morgan fingerprint density at radius 3 is 2.38 bits per heavy atom. The van der Waals surface area contributed by atoms with Crippen molar-refractivity contribution in [3.8, 4) is 0 Å². The van der Waals surface area contributed by atoms with E-state index >= 15 is 0 Å². The third-order valence-corrected chi connectivity index (χ3v) is 2.36. The molecule has 13 heavy (non-hydrogen) atoms. The van der Waals surface area contributed by atoms with Gasteiger partial charge in [0.05, 0.1) is 6.67 Å². The third kappa shape index (κ3) is 3.02. The van der Waals surface area contributed by atoms with Gasteiger partial charge in [-0.2, -0.15) is 0 Å². The van der Waals surface area contributed by atoms with E-state index in [0.29, 0.717) is 0 Å². The SMILES string of the molecule is C=C(CC(C)(C)C)N1CC(CF)C1. The van der Waals surface area contributed by atoms with Crippen LogP contribution in [0, 0.1) is 11.3 Å². The average molecular weight is 185 g/mol. The van der Waals surface area contributed by atoms with Crippen LogP contribution < -0.4 is 0 Å². The van der Waals surface area contributed by atoms with E-state index in [-0.39, 0.29) is 18.0 Å². The van der Waals surface area contributed by atoms with E-state index < -0.39 is 0 Å². The zero-order valence-electron chi connectivity index (χ0n) is 8.94. The number of allylic oxidation sites excluding steroid dienone is 1. The molecule has 0 aromatic heterocycles. The van der Waals surface area contributed by atoms with E-state index in [0.717, 1.165) is 25.2 Å². The maximum atomic E-state index is 12.2. The van der Waals surface area contributed by atoms with Crippen molar-refractivity contribution in [1.29, 1.82) is 0 Å². The van der Waals surface area contributed by atoms with Crippen LogP contribution in [0.3, 0.4) is 0 Å². The Balaban J connectivity index is 2.27. The Bertz CT molecular complexity index is 187. The first-order valence-corrected chi connectivity index (χ1v) is 4.91. The van der Waals surface area contributed by atoms with Crippen molar-refractivity contribution in [2.24, 2.45) is 11.3 Å². The number of likely N-dealkylation sites (tertiary alicyclic amines) is 1. The lowest BCUT2D eigenvalue weighted by Crippen LogP contribution is -2.47. The molecule has 1 nitrogen and oxygen atoms in total. The van der Waals surface area contributed by atoms with Crippen molar-refractivity contribution >= 4 is 0 Å². The summed E-state index contributed by atoms with van der Waals surface area (Å²) in [4.78, 5) is 2.19. The van der Waals surface area contributed by atoms with E-state index in [1.807, 2.05) is 0 Å². The van der Waals surface area contributed by atoms with Crippen LogP contribution in [-0.2, 0) is 0 Å². The number of nitrogens with zero attached hydrogens (tertiary/aromatic N) is 1. The molecule has 0 atom stereocenters. The molecule has 0 saturated carbocycles. The highest BCUT2D eigenvalue weighted by Crippen LogP contribution is 2.29. The summed E-state index contributed by atoms with van der Waals surface area (Å²) < 4.78 is 12.2. The highest BCUT2D eigenvalue weighted by molar-refractivity contribution is 5.02. The van der Waals surface area contributed by atoms with Crippen LogP contribution in [0.1, 0.15) is 27.2 Å². The van der Waals surface area contributed by atoms with Crippen molar-refractivity contribution < 1.29 is 4.39 Å². The molecule has 0 N–H and O–H groups in total. The Hall–Kier alpha value is -0.530. The maximum Gasteiger partial charge on any atom is 0.0956 e. The molecule has 1 saturated heterocycles. The molecule has 1 aliphatic heterocycles. The number of rotatable bonds is 3. The summed E-state index contributed by atoms with van der Waals surface area (Å²) >= 11 is 0. The first-order valence-electron chi connectivity index (χ1n) is 4.91. The van der Waals surface area contributed by atoms with Crippen LogP contribution in [0.4, 0.5) is 4.39 Å². The topological polar surface area (TPSA) is 3.24 Å². The molecule has 0 aromatic carbocycles. The first-order chi connectivity index (χ1) is 5.92. The summed E-state index contributed by atoms with van der Waals surface area (Å²) in [6.07, 6.45) is 1.01. The smallest absolute Gasteiger partial charge is 0.0956 e. The molecule has 1 rings (SSSR count). The Labute approximate surface area is 80.6 Å². The van der Waals surface area contributed by atoms with E-state index in [4.69, 9.17) is 0 Å². The van der Waals surface area contributed by atoms with Crippen molar-refractivity contribution in [2.75, 3.05) is 19.8 Å². The lowest BCUT2D eigenvalue weighted by atomic mass is 9.89. The van der Waals surface area contributed by atoms with Gasteiger partial charge >= 0.3 is 0 Å². The quantitative estimate of drug-likeness (QED) is 0.653. The molecule has 0 aromatic rings. The summed E-state index contributed by atoms with van der Waals surface area (Å²) in [5, 5.41) is 0. The van der Waals surface area contributed by atoms with Gasteiger partial charge in [0.2, 0.25) is 0 Å². The first kappa shape index (κ1) is 10.6. The maximum absolute atomic E-state index is 12.2. The summed E-state index contributed by atoms with van der Waals surface area (Å²) in [7, 11) is 0. The molecule has 1 heterocycles. The third-order valence-electron chi connectivity index (χ3n) is 2.36. The van der Waals surface area contributed by atoms with Gasteiger partial charge < -0.3 is 4.90 Å². The van der Waals surface area contributed by atoms with Gasteiger partial charge in [0.1, 0.15) is 0 Å². The molecular weight excluding hydrogens is 165 g/mol. The van der Waals surface area contributed by atoms with Gasteiger partial charge in [-0.1, -0.05) is 27.4 Å². The molecule has 2 heteroatoms. The molecule has 0 amide bonds. The summed E-state index contributed by atoms with van der Waals surface area (Å²) in [5.74, 6) is 0.261. The Morgan fingerprint density at radius 1 is 1.46 bits per heavy atom. The standard InChI is InChI=1S/C11H20FN/c1-9(5-11(2,3)4)13-7-10(6-12)8-13/h10H,1,5-8H2,2-4H3. The van der Waals surface area contributed by atoms with E-state index in [1.165, 1.54) is 0 Å². The van der Waals surface area contributed by atoms with Crippen LogP contribution in [0.15, 0.2) is 12.3 Å². The monoisotopic (exact) mass is 185 g/mol. The minimum atomic E-state index is -0.181. The molecule has 76 valence electrons. The van der Waals surface area contributed by atoms with Gasteiger partial charge in [-0.15, -0.1) is 0 Å². The highest BCUT2D eigenvalue weighted by Gasteiger charge is 2.28. The van der Waals surface area contributed by atoms with Gasteiger partial charge in [-0.3, -0.25) is 4.39 Å². The zero-order chi connectivity index (χ0) is 10.1. The minimum Gasteiger partial charge on any atom is -0.374 e. The summed E-state index contributed by atoms with van der Waals surface area (Å²) in [6.45, 7) is 12.2. The van der Waals surface area contributed by atoms with Crippen molar-refractivity contribution in [3.63, 3.8) is 0 Å².